The topological polar surface area (TPSA) is 86.5 Å². The summed E-state index contributed by atoms with van der Waals surface area (Å²) in [4.78, 5) is 16.8. The fourth-order valence-corrected chi connectivity index (χ4v) is 3.23. The predicted octanol–water partition coefficient (Wildman–Crippen LogP) is 5.05. The van der Waals surface area contributed by atoms with E-state index in [2.05, 4.69) is 15.5 Å². The van der Waals surface area contributed by atoms with E-state index in [9.17, 15) is 4.79 Å². The van der Waals surface area contributed by atoms with Gasteiger partial charge in [0.1, 0.15) is 0 Å². The third-order valence-corrected chi connectivity index (χ3v) is 5.00. The minimum atomic E-state index is -0.258. The highest BCUT2D eigenvalue weighted by Crippen LogP contribution is 2.32. The molecule has 0 saturated carbocycles. The molecule has 0 unspecified atom stereocenters. The first-order chi connectivity index (χ1) is 15.5. The van der Waals surface area contributed by atoms with Crippen molar-refractivity contribution in [1.29, 1.82) is 0 Å². The lowest BCUT2D eigenvalue weighted by Crippen LogP contribution is -2.20. The number of anilines is 1. The van der Waals surface area contributed by atoms with E-state index < -0.39 is 0 Å². The van der Waals surface area contributed by atoms with Crippen LogP contribution >= 0.6 is 0 Å². The van der Waals surface area contributed by atoms with Crippen LogP contribution < -0.4 is 14.8 Å². The van der Waals surface area contributed by atoms with Gasteiger partial charge in [0.05, 0.1) is 7.11 Å². The smallest absolute Gasteiger partial charge is 0.262 e. The molecule has 1 N–H and O–H groups in total. The van der Waals surface area contributed by atoms with E-state index in [1.54, 1.807) is 18.2 Å². The summed E-state index contributed by atoms with van der Waals surface area (Å²) in [5, 5.41) is 6.93. The number of methoxy groups -OCH3 is 1. The highest BCUT2D eigenvalue weighted by atomic mass is 16.5. The Morgan fingerprint density at radius 3 is 2.47 bits per heavy atom. The highest BCUT2D eigenvalue weighted by Gasteiger charge is 2.15. The van der Waals surface area contributed by atoms with Crippen LogP contribution in [-0.2, 0) is 4.79 Å². The first kappa shape index (κ1) is 21.1. The van der Waals surface area contributed by atoms with Crippen molar-refractivity contribution in [3.05, 3.63) is 77.9 Å². The molecule has 0 saturated heterocycles. The van der Waals surface area contributed by atoms with Crippen molar-refractivity contribution < 1.29 is 18.8 Å². The molecule has 162 valence electrons. The first-order valence-electron chi connectivity index (χ1n) is 10.1. The third kappa shape index (κ3) is 4.62. The number of hydrogen-bond acceptors (Lipinski definition) is 6. The summed E-state index contributed by atoms with van der Waals surface area (Å²) in [7, 11) is 1.54. The maximum atomic E-state index is 12.3. The molecule has 1 amide bonds. The van der Waals surface area contributed by atoms with Crippen LogP contribution in [0.4, 0.5) is 5.69 Å². The summed E-state index contributed by atoms with van der Waals surface area (Å²) in [6.07, 6.45) is 0. The normalized spacial score (nSPS) is 10.6. The lowest BCUT2D eigenvalue weighted by atomic mass is 10.1. The molecule has 7 nitrogen and oxygen atoms in total. The van der Waals surface area contributed by atoms with Gasteiger partial charge in [-0.3, -0.25) is 4.79 Å². The SMILES string of the molecule is COc1cc(-c2noc(-c3ccccc3C)n2)ccc1OCC(=O)Nc1ccccc1C. The lowest BCUT2D eigenvalue weighted by molar-refractivity contribution is -0.118. The number of amides is 1. The molecule has 4 aromatic rings. The Morgan fingerprint density at radius 1 is 0.969 bits per heavy atom. The van der Waals surface area contributed by atoms with Gasteiger partial charge in [-0.1, -0.05) is 41.6 Å². The summed E-state index contributed by atoms with van der Waals surface area (Å²) in [5.41, 5.74) is 4.38. The van der Waals surface area contributed by atoms with Crippen LogP contribution in [0, 0.1) is 13.8 Å². The molecule has 3 aromatic carbocycles. The lowest BCUT2D eigenvalue weighted by Gasteiger charge is -2.12. The van der Waals surface area contributed by atoms with E-state index in [0.29, 0.717) is 28.8 Å². The molecule has 0 bridgehead atoms. The molecule has 1 heterocycles. The van der Waals surface area contributed by atoms with Gasteiger partial charge in [0, 0.05) is 16.8 Å². The number of aryl methyl sites for hydroxylation is 2. The highest BCUT2D eigenvalue weighted by molar-refractivity contribution is 5.92. The van der Waals surface area contributed by atoms with Gasteiger partial charge in [-0.2, -0.15) is 4.98 Å². The van der Waals surface area contributed by atoms with Crippen LogP contribution in [0.1, 0.15) is 11.1 Å². The average Bonchev–Trinajstić information content (AvgIpc) is 3.29. The first-order valence-corrected chi connectivity index (χ1v) is 10.1. The van der Waals surface area contributed by atoms with E-state index in [0.717, 1.165) is 22.4 Å². The molecule has 0 aliphatic carbocycles. The Balaban J connectivity index is 1.47. The number of hydrogen-bond donors (Lipinski definition) is 1. The Kier molecular flexibility index (Phi) is 6.17. The van der Waals surface area contributed by atoms with Crippen molar-refractivity contribution in [1.82, 2.24) is 10.1 Å². The maximum absolute atomic E-state index is 12.3. The number of aromatic nitrogens is 2. The summed E-state index contributed by atoms with van der Waals surface area (Å²) in [6, 6.07) is 20.6. The number of benzene rings is 3. The number of ether oxygens (including phenoxy) is 2. The maximum Gasteiger partial charge on any atom is 0.262 e. The zero-order chi connectivity index (χ0) is 22.5. The quantitative estimate of drug-likeness (QED) is 0.443. The minimum Gasteiger partial charge on any atom is -0.493 e. The molecule has 0 radical (unpaired) electrons. The van der Waals surface area contributed by atoms with Crippen LogP contribution in [0.5, 0.6) is 11.5 Å². The fraction of sp³-hybridized carbons (Fsp3) is 0.160. The second-order valence-corrected chi connectivity index (χ2v) is 7.26. The molecule has 32 heavy (non-hydrogen) atoms. The van der Waals surface area contributed by atoms with Crippen LogP contribution in [-0.4, -0.2) is 29.8 Å². The summed E-state index contributed by atoms with van der Waals surface area (Å²) in [6.45, 7) is 3.77. The van der Waals surface area contributed by atoms with Crippen molar-refractivity contribution in [2.45, 2.75) is 13.8 Å². The number of carbonyl (C=O) groups excluding carboxylic acids is 1. The number of carbonyl (C=O) groups is 1. The van der Waals surface area contributed by atoms with Crippen LogP contribution in [0.2, 0.25) is 0 Å². The number of rotatable bonds is 7. The summed E-state index contributed by atoms with van der Waals surface area (Å²) >= 11 is 0. The molecular weight excluding hydrogens is 406 g/mol. The van der Waals surface area contributed by atoms with Gasteiger partial charge < -0.3 is 19.3 Å². The Morgan fingerprint density at radius 2 is 1.72 bits per heavy atom. The largest absolute Gasteiger partial charge is 0.493 e. The van der Waals surface area contributed by atoms with Gasteiger partial charge >= 0.3 is 0 Å². The molecule has 0 spiro atoms. The van der Waals surface area contributed by atoms with E-state index >= 15 is 0 Å². The second-order valence-electron chi connectivity index (χ2n) is 7.26. The van der Waals surface area contributed by atoms with Crippen molar-refractivity contribution in [2.75, 3.05) is 19.0 Å². The molecule has 0 atom stereocenters. The van der Waals surface area contributed by atoms with E-state index in [-0.39, 0.29) is 12.5 Å². The van der Waals surface area contributed by atoms with E-state index in [1.807, 2.05) is 62.4 Å². The zero-order valence-electron chi connectivity index (χ0n) is 18.1. The van der Waals surface area contributed by atoms with Crippen molar-refractivity contribution in [2.24, 2.45) is 0 Å². The molecular formula is C25H23N3O4. The van der Waals surface area contributed by atoms with E-state index in [4.69, 9.17) is 14.0 Å². The average molecular weight is 429 g/mol. The number of nitrogens with zero attached hydrogens (tertiary/aromatic N) is 2. The number of para-hydroxylation sites is 1. The third-order valence-electron chi connectivity index (χ3n) is 5.00. The molecule has 0 aliphatic rings. The molecule has 1 aromatic heterocycles. The van der Waals surface area contributed by atoms with Gasteiger partial charge in [0.2, 0.25) is 5.82 Å². The molecule has 7 heteroatoms. The summed E-state index contributed by atoms with van der Waals surface area (Å²) < 4.78 is 16.6. The van der Waals surface area contributed by atoms with Gasteiger partial charge in [-0.05, 0) is 55.3 Å². The molecule has 4 rings (SSSR count). The monoisotopic (exact) mass is 429 g/mol. The molecule has 0 fully saturated rings. The van der Waals surface area contributed by atoms with Crippen molar-refractivity contribution in [3.8, 4) is 34.3 Å². The van der Waals surface area contributed by atoms with E-state index in [1.165, 1.54) is 7.11 Å². The minimum absolute atomic E-state index is 0.149. The van der Waals surface area contributed by atoms with Gasteiger partial charge in [-0.25, -0.2) is 0 Å². The Hall–Kier alpha value is -4.13. The van der Waals surface area contributed by atoms with Gasteiger partial charge in [-0.15, -0.1) is 0 Å². The van der Waals surface area contributed by atoms with Gasteiger partial charge in [0.25, 0.3) is 11.8 Å². The standard InChI is InChI=1S/C25H23N3O4/c1-16-8-4-6-10-19(16)25-27-24(28-32-25)18-12-13-21(22(14-18)30-3)31-15-23(29)26-20-11-7-5-9-17(20)2/h4-14H,15H2,1-3H3,(H,26,29). The predicted molar refractivity (Wildman–Crippen MR) is 122 cm³/mol. The zero-order valence-corrected chi connectivity index (χ0v) is 18.1. The summed E-state index contributed by atoms with van der Waals surface area (Å²) in [5.74, 6) is 1.54. The second kappa shape index (κ2) is 9.34. The van der Waals surface area contributed by atoms with Crippen molar-refractivity contribution >= 4 is 11.6 Å². The van der Waals surface area contributed by atoms with Crippen molar-refractivity contribution in [3.63, 3.8) is 0 Å². The Bertz CT molecular complexity index is 1250. The van der Waals surface area contributed by atoms with Gasteiger partial charge in [0.15, 0.2) is 18.1 Å². The van der Waals surface area contributed by atoms with Crippen LogP contribution in [0.15, 0.2) is 71.3 Å². The molecule has 0 aliphatic heterocycles. The van der Waals surface area contributed by atoms with Crippen LogP contribution in [0.25, 0.3) is 22.8 Å². The Labute approximate surface area is 186 Å². The van der Waals surface area contributed by atoms with Crippen LogP contribution in [0.3, 0.4) is 0 Å². The fourth-order valence-electron chi connectivity index (χ4n) is 3.23. The number of nitrogens with one attached hydrogen (secondary N) is 1.